The molecule has 1 heterocycles. The Morgan fingerprint density at radius 3 is 2.62 bits per heavy atom. The van der Waals surface area contributed by atoms with E-state index in [2.05, 4.69) is 15.5 Å². The first kappa shape index (κ1) is 13.0. The molecule has 0 aliphatic rings. The highest BCUT2D eigenvalue weighted by atomic mass is 32.2. The van der Waals surface area contributed by atoms with Crippen LogP contribution in [-0.4, -0.2) is 36.8 Å². The van der Waals surface area contributed by atoms with Gasteiger partial charge in [-0.05, 0) is 13.3 Å². The molecule has 1 unspecified atom stereocenters. The molecule has 1 N–H and O–H groups in total. The van der Waals surface area contributed by atoms with E-state index >= 15 is 0 Å². The van der Waals surface area contributed by atoms with Crippen LogP contribution in [0.25, 0.3) is 0 Å². The minimum Gasteiger partial charge on any atom is -0.353 e. The van der Waals surface area contributed by atoms with Gasteiger partial charge in [0.15, 0.2) is 0 Å². The zero-order valence-electron chi connectivity index (χ0n) is 9.22. The predicted octanol–water partition coefficient (Wildman–Crippen LogP) is 0.470. The molecule has 0 spiro atoms. The molecule has 1 rings (SSSR count). The van der Waals surface area contributed by atoms with Gasteiger partial charge in [0.2, 0.25) is 19.2 Å². The molecule has 90 valence electrons. The Kier molecular flexibility index (Phi) is 3.98. The number of rotatable bonds is 4. The lowest BCUT2D eigenvalue weighted by atomic mass is 10.4. The van der Waals surface area contributed by atoms with Crippen LogP contribution in [0, 0.1) is 0 Å². The highest BCUT2D eigenvalue weighted by Crippen LogP contribution is 2.21. The fourth-order valence-electron chi connectivity index (χ4n) is 0.915. The molecule has 0 fully saturated rings. The van der Waals surface area contributed by atoms with Gasteiger partial charge < -0.3 is 5.32 Å². The van der Waals surface area contributed by atoms with E-state index in [9.17, 15) is 13.2 Å². The van der Waals surface area contributed by atoms with Gasteiger partial charge in [-0.1, -0.05) is 18.3 Å². The summed E-state index contributed by atoms with van der Waals surface area (Å²) in [6, 6.07) is 0. The Bertz CT molecular complexity index is 480. The van der Waals surface area contributed by atoms with Crippen LogP contribution >= 0.6 is 11.3 Å². The Morgan fingerprint density at radius 2 is 2.12 bits per heavy atom. The van der Waals surface area contributed by atoms with Crippen molar-refractivity contribution in [2.24, 2.45) is 0 Å². The highest BCUT2D eigenvalue weighted by molar-refractivity contribution is 7.93. The third kappa shape index (κ3) is 2.38. The van der Waals surface area contributed by atoms with Crippen molar-refractivity contribution in [3.8, 4) is 0 Å². The van der Waals surface area contributed by atoms with Crippen LogP contribution < -0.4 is 5.32 Å². The average Bonchev–Trinajstić information content (AvgIpc) is 2.76. The van der Waals surface area contributed by atoms with E-state index in [1.54, 1.807) is 13.8 Å². The molecule has 1 atom stereocenters. The normalized spacial score (nSPS) is 13.4. The summed E-state index contributed by atoms with van der Waals surface area (Å²) in [7, 11) is -1.99. The van der Waals surface area contributed by atoms with Gasteiger partial charge in [-0.15, -0.1) is 10.2 Å². The maximum Gasteiger partial charge on any atom is 0.282 e. The number of sulfone groups is 1. The molecule has 1 aromatic heterocycles. The van der Waals surface area contributed by atoms with Crippen LogP contribution in [0.15, 0.2) is 4.34 Å². The minimum absolute atomic E-state index is 0.0596. The first-order valence-electron chi connectivity index (χ1n) is 4.73. The summed E-state index contributed by atoms with van der Waals surface area (Å²) in [4.78, 5) is 11.2. The molecule has 0 aliphatic carbocycles. The van der Waals surface area contributed by atoms with Crippen LogP contribution in [-0.2, 0) is 9.84 Å². The van der Waals surface area contributed by atoms with Crippen molar-refractivity contribution < 1.29 is 13.2 Å². The van der Waals surface area contributed by atoms with Crippen molar-refractivity contribution >= 4 is 27.1 Å². The Balaban J connectivity index is 3.07. The lowest BCUT2D eigenvalue weighted by molar-refractivity contribution is 0.0962. The van der Waals surface area contributed by atoms with E-state index in [0.29, 0.717) is 6.42 Å². The third-order valence-corrected chi connectivity index (χ3v) is 5.80. The van der Waals surface area contributed by atoms with E-state index < -0.39 is 21.0 Å². The topological polar surface area (TPSA) is 89.0 Å². The molecule has 0 saturated heterocycles. The minimum atomic E-state index is -3.45. The smallest absolute Gasteiger partial charge is 0.282 e. The average molecular weight is 263 g/mol. The number of nitrogens with zero attached hydrogens (tertiary/aromatic N) is 2. The number of nitrogens with one attached hydrogen (secondary N) is 1. The fourth-order valence-corrected chi connectivity index (χ4v) is 3.57. The number of hydrogen-bond donors (Lipinski definition) is 1. The first-order chi connectivity index (χ1) is 7.43. The molecule has 16 heavy (non-hydrogen) atoms. The molecule has 0 aromatic carbocycles. The molecule has 0 radical (unpaired) electrons. The second-order valence-electron chi connectivity index (χ2n) is 3.22. The Labute approximate surface area is 98.0 Å². The van der Waals surface area contributed by atoms with Crippen molar-refractivity contribution in [3.63, 3.8) is 0 Å². The van der Waals surface area contributed by atoms with E-state index in [4.69, 9.17) is 0 Å². The lowest BCUT2D eigenvalue weighted by Crippen LogP contribution is -2.17. The summed E-state index contributed by atoms with van der Waals surface area (Å²) >= 11 is 0.794. The molecule has 0 bridgehead atoms. The van der Waals surface area contributed by atoms with Crippen molar-refractivity contribution in [2.75, 3.05) is 7.05 Å². The number of carbonyl (C=O) groups excluding carboxylic acids is 1. The molecule has 1 aromatic rings. The van der Waals surface area contributed by atoms with Gasteiger partial charge in [-0.2, -0.15) is 0 Å². The summed E-state index contributed by atoms with van der Waals surface area (Å²) in [5.41, 5.74) is 0. The van der Waals surface area contributed by atoms with E-state index in [0.717, 1.165) is 11.3 Å². The van der Waals surface area contributed by atoms with Crippen molar-refractivity contribution in [3.05, 3.63) is 5.01 Å². The maximum atomic E-state index is 11.9. The molecular weight excluding hydrogens is 250 g/mol. The summed E-state index contributed by atoms with van der Waals surface area (Å²) in [6.07, 6.45) is 0.497. The second kappa shape index (κ2) is 4.88. The summed E-state index contributed by atoms with van der Waals surface area (Å²) in [5, 5.41) is 9.00. The third-order valence-electron chi connectivity index (χ3n) is 2.18. The van der Waals surface area contributed by atoms with Crippen molar-refractivity contribution in [2.45, 2.75) is 29.9 Å². The quantitative estimate of drug-likeness (QED) is 0.853. The van der Waals surface area contributed by atoms with E-state index in [1.807, 2.05) is 0 Å². The van der Waals surface area contributed by atoms with Crippen LogP contribution in [0.5, 0.6) is 0 Å². The maximum absolute atomic E-state index is 11.9. The second-order valence-corrected chi connectivity index (χ2v) is 6.73. The van der Waals surface area contributed by atoms with E-state index in [1.165, 1.54) is 7.05 Å². The van der Waals surface area contributed by atoms with Crippen LogP contribution in [0.2, 0.25) is 0 Å². The molecule has 8 heteroatoms. The van der Waals surface area contributed by atoms with Gasteiger partial charge in [0, 0.05) is 7.05 Å². The molecule has 0 aliphatic heterocycles. The highest BCUT2D eigenvalue weighted by Gasteiger charge is 2.27. The number of aromatic nitrogens is 2. The fraction of sp³-hybridized carbons (Fsp3) is 0.625. The van der Waals surface area contributed by atoms with Crippen LogP contribution in [0.1, 0.15) is 30.1 Å². The summed E-state index contributed by atoms with van der Waals surface area (Å²) in [5.74, 6) is -0.428. The number of carbonyl (C=O) groups is 1. The number of hydrogen-bond acceptors (Lipinski definition) is 6. The van der Waals surface area contributed by atoms with Crippen LogP contribution in [0.3, 0.4) is 0 Å². The summed E-state index contributed by atoms with van der Waals surface area (Å²) < 4.78 is 23.6. The molecule has 1 amide bonds. The van der Waals surface area contributed by atoms with Gasteiger partial charge in [0.25, 0.3) is 5.91 Å². The van der Waals surface area contributed by atoms with Gasteiger partial charge in [0.05, 0.1) is 5.25 Å². The SMILES string of the molecule is CCC(C)S(=O)(=O)c1nnc(C(=O)NC)s1. The van der Waals surface area contributed by atoms with Gasteiger partial charge >= 0.3 is 0 Å². The Morgan fingerprint density at radius 1 is 1.50 bits per heavy atom. The monoisotopic (exact) mass is 263 g/mol. The van der Waals surface area contributed by atoms with Crippen molar-refractivity contribution in [1.29, 1.82) is 0 Å². The number of amides is 1. The molecule has 0 saturated carbocycles. The van der Waals surface area contributed by atoms with Gasteiger partial charge in [0.1, 0.15) is 0 Å². The predicted molar refractivity (Wildman–Crippen MR) is 60.2 cm³/mol. The van der Waals surface area contributed by atoms with Gasteiger partial charge in [-0.3, -0.25) is 4.79 Å². The standard InChI is InChI=1S/C8H13N3O3S2/c1-4-5(2)16(13,14)8-11-10-7(15-8)6(12)9-3/h5H,4H2,1-3H3,(H,9,12). The molecule has 6 nitrogen and oxygen atoms in total. The summed E-state index contributed by atoms with van der Waals surface area (Å²) in [6.45, 7) is 3.39. The van der Waals surface area contributed by atoms with Gasteiger partial charge in [-0.25, -0.2) is 8.42 Å². The lowest BCUT2D eigenvalue weighted by Gasteiger charge is -2.05. The van der Waals surface area contributed by atoms with E-state index in [-0.39, 0.29) is 9.35 Å². The zero-order valence-corrected chi connectivity index (χ0v) is 10.9. The largest absolute Gasteiger partial charge is 0.353 e. The van der Waals surface area contributed by atoms with Crippen molar-refractivity contribution in [1.82, 2.24) is 15.5 Å². The Hall–Kier alpha value is -1.02. The molecular formula is C8H13N3O3S2. The zero-order chi connectivity index (χ0) is 12.3. The van der Waals surface area contributed by atoms with Crippen LogP contribution in [0.4, 0.5) is 0 Å². The first-order valence-corrected chi connectivity index (χ1v) is 7.09.